The van der Waals surface area contributed by atoms with Crippen LogP contribution in [0.5, 0.6) is 0 Å². The molecule has 0 saturated carbocycles. The maximum atomic E-state index is 10.4. The van der Waals surface area contributed by atoms with Crippen molar-refractivity contribution in [2.45, 2.75) is 13.8 Å². The summed E-state index contributed by atoms with van der Waals surface area (Å²) in [6.45, 7) is 3.96. The van der Waals surface area contributed by atoms with Gasteiger partial charge in [-0.25, -0.2) is 4.79 Å². The van der Waals surface area contributed by atoms with Gasteiger partial charge in [0.1, 0.15) is 11.4 Å². The van der Waals surface area contributed by atoms with Gasteiger partial charge in [-0.1, -0.05) is 23.8 Å². The smallest absolute Gasteiger partial charge is 0.211 e. The fraction of sp³-hybridized carbons (Fsp3) is 0.133. The molecule has 0 aliphatic rings. The van der Waals surface area contributed by atoms with Gasteiger partial charge in [-0.3, -0.25) is 0 Å². The third kappa shape index (κ3) is 3.44. The lowest BCUT2D eigenvalue weighted by atomic mass is 10.2. The van der Waals surface area contributed by atoms with Gasteiger partial charge < -0.3 is 0 Å². The molecule has 0 saturated heterocycles. The lowest BCUT2D eigenvalue weighted by Crippen LogP contribution is -1.73. The lowest BCUT2D eigenvalue weighted by Gasteiger charge is -1.99. The Balaban J connectivity index is 2.34. The summed E-state index contributed by atoms with van der Waals surface area (Å²) >= 11 is 0. The fourth-order valence-electron chi connectivity index (χ4n) is 1.58. The zero-order valence-corrected chi connectivity index (χ0v) is 10.8. The van der Waals surface area contributed by atoms with E-state index in [0.717, 1.165) is 11.3 Å². The molecule has 2 aromatic carbocycles. The predicted octanol–water partition coefficient (Wildman–Crippen LogP) is 4.69. The monoisotopic (exact) mass is 251 g/mol. The van der Waals surface area contributed by atoms with Crippen LogP contribution in [-0.4, -0.2) is 6.08 Å². The Morgan fingerprint density at radius 1 is 0.842 bits per heavy atom. The minimum absolute atomic E-state index is 0.469. The van der Waals surface area contributed by atoms with E-state index in [4.69, 9.17) is 0 Å². The second-order valence-electron chi connectivity index (χ2n) is 4.23. The van der Waals surface area contributed by atoms with E-state index in [1.54, 1.807) is 6.07 Å². The standard InChI is InChI=1S/C15H13N3O/c1-11-3-6-13(7-4-11)17-18-15-9-12(2)5-8-14(15)16-10-19/h3-9H,1-2H3. The van der Waals surface area contributed by atoms with Crippen molar-refractivity contribution in [1.82, 2.24) is 0 Å². The quantitative estimate of drug-likeness (QED) is 0.443. The second kappa shape index (κ2) is 5.85. The van der Waals surface area contributed by atoms with Gasteiger partial charge in [0.2, 0.25) is 6.08 Å². The van der Waals surface area contributed by atoms with Crippen molar-refractivity contribution in [2.75, 3.05) is 0 Å². The number of rotatable bonds is 3. The van der Waals surface area contributed by atoms with Crippen molar-refractivity contribution < 1.29 is 4.79 Å². The lowest BCUT2D eigenvalue weighted by molar-refractivity contribution is 0.565. The second-order valence-corrected chi connectivity index (χ2v) is 4.23. The first kappa shape index (κ1) is 12.9. The molecule has 4 nitrogen and oxygen atoms in total. The van der Waals surface area contributed by atoms with Crippen LogP contribution in [0.25, 0.3) is 0 Å². The van der Waals surface area contributed by atoms with Crippen LogP contribution in [0.4, 0.5) is 17.1 Å². The number of nitrogens with zero attached hydrogens (tertiary/aromatic N) is 3. The molecule has 0 amide bonds. The van der Waals surface area contributed by atoms with Gasteiger partial charge in [0.25, 0.3) is 0 Å². The summed E-state index contributed by atoms with van der Waals surface area (Å²) in [4.78, 5) is 14.0. The average molecular weight is 251 g/mol. The van der Waals surface area contributed by atoms with E-state index < -0.39 is 0 Å². The first-order chi connectivity index (χ1) is 9.19. The first-order valence-electron chi connectivity index (χ1n) is 5.86. The highest BCUT2D eigenvalue weighted by Gasteiger charge is 2.00. The number of aliphatic imine (C=N–C) groups is 1. The van der Waals surface area contributed by atoms with Gasteiger partial charge in [0.05, 0.1) is 5.69 Å². The maximum absolute atomic E-state index is 10.4. The number of isocyanates is 1. The predicted molar refractivity (Wildman–Crippen MR) is 74.3 cm³/mol. The van der Waals surface area contributed by atoms with Crippen LogP contribution in [0, 0.1) is 13.8 Å². The summed E-state index contributed by atoms with van der Waals surface area (Å²) in [5.41, 5.74) is 3.98. The summed E-state index contributed by atoms with van der Waals surface area (Å²) in [7, 11) is 0. The molecular formula is C15H13N3O. The normalized spacial score (nSPS) is 10.4. The minimum atomic E-state index is 0.469. The summed E-state index contributed by atoms with van der Waals surface area (Å²) in [6, 6.07) is 13.1. The molecule has 0 heterocycles. The van der Waals surface area contributed by atoms with E-state index in [0.29, 0.717) is 11.4 Å². The highest BCUT2D eigenvalue weighted by atomic mass is 16.1. The molecule has 0 bridgehead atoms. The van der Waals surface area contributed by atoms with Gasteiger partial charge in [-0.2, -0.15) is 10.1 Å². The van der Waals surface area contributed by atoms with Gasteiger partial charge in [0.15, 0.2) is 0 Å². The van der Waals surface area contributed by atoms with Crippen LogP contribution in [0.3, 0.4) is 0 Å². The van der Waals surface area contributed by atoms with E-state index in [1.165, 1.54) is 11.6 Å². The van der Waals surface area contributed by atoms with Crippen molar-refractivity contribution in [2.24, 2.45) is 15.2 Å². The Kier molecular flexibility index (Phi) is 3.96. The van der Waals surface area contributed by atoms with Crippen molar-refractivity contribution in [1.29, 1.82) is 0 Å². The number of carbonyl (C=O) groups excluding carboxylic acids is 1. The van der Waals surface area contributed by atoms with Crippen LogP contribution in [-0.2, 0) is 4.79 Å². The van der Waals surface area contributed by atoms with Crippen molar-refractivity contribution in [3.05, 3.63) is 53.6 Å². The van der Waals surface area contributed by atoms with Crippen LogP contribution >= 0.6 is 0 Å². The molecule has 4 heteroatoms. The SMILES string of the molecule is Cc1ccc(N=Nc2cc(C)ccc2N=C=O)cc1. The van der Waals surface area contributed by atoms with Crippen LogP contribution in [0.15, 0.2) is 57.7 Å². The number of aryl methyl sites for hydroxylation is 2. The molecule has 0 fully saturated rings. The Bertz CT molecular complexity index is 654. The summed E-state index contributed by atoms with van der Waals surface area (Å²) < 4.78 is 0. The number of hydrogen-bond donors (Lipinski definition) is 0. The maximum Gasteiger partial charge on any atom is 0.240 e. The Hall–Kier alpha value is -2.58. The summed E-state index contributed by atoms with van der Waals surface area (Å²) in [5, 5.41) is 8.27. The van der Waals surface area contributed by atoms with Crippen molar-refractivity contribution >= 4 is 23.1 Å². The minimum Gasteiger partial charge on any atom is -0.211 e. The third-order valence-electron chi connectivity index (χ3n) is 2.60. The molecule has 94 valence electrons. The Morgan fingerprint density at radius 3 is 2.21 bits per heavy atom. The number of benzene rings is 2. The molecule has 0 aromatic heterocycles. The van der Waals surface area contributed by atoms with Crippen molar-refractivity contribution in [3.8, 4) is 0 Å². The highest BCUT2D eigenvalue weighted by Crippen LogP contribution is 2.30. The molecule has 0 atom stereocenters. The molecule has 0 spiro atoms. The average Bonchev–Trinajstić information content (AvgIpc) is 2.41. The third-order valence-corrected chi connectivity index (χ3v) is 2.60. The first-order valence-corrected chi connectivity index (χ1v) is 5.86. The van der Waals surface area contributed by atoms with Gasteiger partial charge in [-0.15, -0.1) is 5.11 Å². The number of hydrogen-bond acceptors (Lipinski definition) is 4. The molecule has 0 N–H and O–H groups in total. The molecule has 0 unspecified atom stereocenters. The van der Waals surface area contributed by atoms with E-state index in [-0.39, 0.29) is 0 Å². The van der Waals surface area contributed by atoms with E-state index >= 15 is 0 Å². The van der Waals surface area contributed by atoms with E-state index in [2.05, 4.69) is 15.2 Å². The highest BCUT2D eigenvalue weighted by molar-refractivity contribution is 5.66. The summed E-state index contributed by atoms with van der Waals surface area (Å²) in [6.07, 6.45) is 1.52. The van der Waals surface area contributed by atoms with Crippen molar-refractivity contribution in [3.63, 3.8) is 0 Å². The van der Waals surface area contributed by atoms with Crippen LogP contribution in [0.1, 0.15) is 11.1 Å². The fourth-order valence-corrected chi connectivity index (χ4v) is 1.58. The largest absolute Gasteiger partial charge is 0.240 e. The molecule has 2 rings (SSSR count). The zero-order valence-electron chi connectivity index (χ0n) is 10.8. The van der Waals surface area contributed by atoms with E-state index in [9.17, 15) is 4.79 Å². The molecule has 19 heavy (non-hydrogen) atoms. The van der Waals surface area contributed by atoms with Gasteiger partial charge in [0, 0.05) is 0 Å². The Labute approximate surface area is 111 Å². The molecular weight excluding hydrogens is 238 g/mol. The molecule has 0 radical (unpaired) electrons. The van der Waals surface area contributed by atoms with Gasteiger partial charge >= 0.3 is 0 Å². The Morgan fingerprint density at radius 2 is 1.53 bits per heavy atom. The van der Waals surface area contributed by atoms with Crippen LogP contribution < -0.4 is 0 Å². The summed E-state index contributed by atoms with van der Waals surface area (Å²) in [5.74, 6) is 0. The molecule has 0 aliphatic carbocycles. The number of azo groups is 1. The van der Waals surface area contributed by atoms with Gasteiger partial charge in [-0.05, 0) is 43.7 Å². The topological polar surface area (TPSA) is 54.1 Å². The molecule has 2 aromatic rings. The van der Waals surface area contributed by atoms with E-state index in [1.807, 2.05) is 50.2 Å². The zero-order chi connectivity index (χ0) is 13.7. The van der Waals surface area contributed by atoms with Crippen LogP contribution in [0.2, 0.25) is 0 Å². The molecule has 0 aliphatic heterocycles.